The second-order valence-corrected chi connectivity index (χ2v) is 10.2. The number of amides is 1. The Balaban J connectivity index is 1.53. The predicted octanol–water partition coefficient (Wildman–Crippen LogP) is 6.17. The van der Waals surface area contributed by atoms with Crippen molar-refractivity contribution < 1.29 is 14.7 Å². The molecule has 1 amide bonds. The number of thiophene rings is 1. The minimum absolute atomic E-state index is 0.0241. The van der Waals surface area contributed by atoms with Gasteiger partial charge in [0.2, 0.25) is 0 Å². The van der Waals surface area contributed by atoms with E-state index in [9.17, 15) is 14.7 Å². The third-order valence-corrected chi connectivity index (χ3v) is 7.57. The number of carboxylic acids is 1. The first-order chi connectivity index (χ1) is 15.8. The molecule has 2 aromatic carbocycles. The molecular weight excluding hydrogens is 432 g/mol. The zero-order valence-electron chi connectivity index (χ0n) is 19.3. The topological polar surface area (TPSA) is 69.6 Å². The van der Waals surface area contributed by atoms with Gasteiger partial charge in [-0.05, 0) is 62.8 Å². The van der Waals surface area contributed by atoms with Gasteiger partial charge in [-0.15, -0.1) is 11.3 Å². The molecule has 0 bridgehead atoms. The Morgan fingerprint density at radius 2 is 1.52 bits per heavy atom. The molecule has 0 aliphatic heterocycles. The van der Waals surface area contributed by atoms with Crippen molar-refractivity contribution in [3.8, 4) is 11.1 Å². The van der Waals surface area contributed by atoms with Gasteiger partial charge in [0.05, 0.1) is 17.2 Å². The summed E-state index contributed by atoms with van der Waals surface area (Å²) in [4.78, 5) is 28.7. The molecule has 1 aliphatic carbocycles. The van der Waals surface area contributed by atoms with Crippen molar-refractivity contribution in [2.24, 2.45) is 5.92 Å². The first-order valence-corrected chi connectivity index (χ1v) is 12.2. The van der Waals surface area contributed by atoms with E-state index in [1.54, 1.807) is 11.3 Å². The predicted molar refractivity (Wildman–Crippen MR) is 135 cm³/mol. The Morgan fingerprint density at radius 1 is 0.909 bits per heavy atom. The molecule has 6 heteroatoms. The minimum Gasteiger partial charge on any atom is -0.481 e. The number of carbonyl (C=O) groups is 2. The summed E-state index contributed by atoms with van der Waals surface area (Å²) >= 11 is 1.63. The lowest BCUT2D eigenvalue weighted by molar-refractivity contribution is -0.142. The first kappa shape index (κ1) is 23.1. The molecule has 0 saturated heterocycles. The van der Waals surface area contributed by atoms with Gasteiger partial charge in [0, 0.05) is 28.5 Å². The number of aryl methyl sites for hydroxylation is 2. The highest BCUT2D eigenvalue weighted by atomic mass is 32.1. The summed E-state index contributed by atoms with van der Waals surface area (Å²) in [7, 11) is 2.00. The van der Waals surface area contributed by atoms with Gasteiger partial charge in [0.25, 0.3) is 5.91 Å². The van der Waals surface area contributed by atoms with Crippen LogP contribution in [0, 0.1) is 19.8 Å². The van der Waals surface area contributed by atoms with Gasteiger partial charge in [-0.1, -0.05) is 42.5 Å². The fourth-order valence-electron chi connectivity index (χ4n) is 4.72. The van der Waals surface area contributed by atoms with Crippen molar-refractivity contribution in [2.75, 3.05) is 11.9 Å². The number of nitrogens with zero attached hydrogens (tertiary/aromatic N) is 1. The molecule has 0 radical (unpaired) electrons. The lowest BCUT2D eigenvalue weighted by atomic mass is 9.86. The fourth-order valence-corrected chi connectivity index (χ4v) is 5.81. The van der Waals surface area contributed by atoms with Crippen molar-refractivity contribution in [1.82, 2.24) is 5.32 Å². The van der Waals surface area contributed by atoms with Crippen LogP contribution in [0.5, 0.6) is 0 Å². The largest absolute Gasteiger partial charge is 0.481 e. The van der Waals surface area contributed by atoms with Crippen LogP contribution in [-0.4, -0.2) is 30.1 Å². The minimum atomic E-state index is -0.730. The highest BCUT2D eigenvalue weighted by molar-refractivity contribution is 7.12. The second-order valence-electron chi connectivity index (χ2n) is 8.77. The van der Waals surface area contributed by atoms with Crippen LogP contribution in [-0.2, 0) is 4.79 Å². The normalized spacial score (nSPS) is 18.0. The highest BCUT2D eigenvalue weighted by Crippen LogP contribution is 2.39. The van der Waals surface area contributed by atoms with E-state index in [0.717, 1.165) is 26.7 Å². The zero-order valence-corrected chi connectivity index (χ0v) is 20.1. The average Bonchev–Trinajstić information content (AvgIpc) is 3.13. The zero-order chi connectivity index (χ0) is 23.5. The van der Waals surface area contributed by atoms with Crippen LogP contribution in [0.15, 0.2) is 54.6 Å². The van der Waals surface area contributed by atoms with Crippen molar-refractivity contribution in [1.29, 1.82) is 0 Å². The quantitative estimate of drug-likeness (QED) is 0.459. The molecule has 1 aliphatic rings. The van der Waals surface area contributed by atoms with E-state index in [2.05, 4.69) is 53.5 Å². The van der Waals surface area contributed by atoms with Gasteiger partial charge < -0.3 is 15.3 Å². The Kier molecular flexibility index (Phi) is 6.84. The maximum absolute atomic E-state index is 13.3. The van der Waals surface area contributed by atoms with E-state index in [0.29, 0.717) is 31.2 Å². The van der Waals surface area contributed by atoms with Crippen LogP contribution >= 0.6 is 11.3 Å². The molecule has 172 valence electrons. The van der Waals surface area contributed by atoms with Gasteiger partial charge >= 0.3 is 5.97 Å². The fraction of sp³-hybridized carbons (Fsp3) is 0.333. The Morgan fingerprint density at radius 3 is 2.12 bits per heavy atom. The Bertz CT molecular complexity index is 1130. The third-order valence-electron chi connectivity index (χ3n) is 6.56. The standard InChI is InChI=1S/C27H30N2O3S/c1-17-24(26(30)28-22-13-9-21(10-14-22)27(31)32)25(18(2)33-17)29(3)23-15-11-20(12-16-23)19-7-5-4-6-8-19/h4-8,11-12,15-16,21-22H,9-10,13-14H2,1-3H3,(H,28,30)(H,31,32). The molecule has 0 atom stereocenters. The molecule has 1 fully saturated rings. The number of carboxylic acid groups (broad SMARTS) is 1. The second kappa shape index (κ2) is 9.79. The lowest BCUT2D eigenvalue weighted by Gasteiger charge is -2.27. The number of hydrogen-bond donors (Lipinski definition) is 2. The van der Waals surface area contributed by atoms with Crippen LogP contribution in [0.4, 0.5) is 11.4 Å². The molecule has 1 heterocycles. The van der Waals surface area contributed by atoms with Gasteiger partial charge in [-0.3, -0.25) is 9.59 Å². The molecular formula is C27H30N2O3S. The van der Waals surface area contributed by atoms with E-state index < -0.39 is 5.97 Å². The summed E-state index contributed by atoms with van der Waals surface area (Å²) in [6.07, 6.45) is 2.64. The number of carbonyl (C=O) groups excluding carboxylic acids is 1. The maximum atomic E-state index is 13.3. The van der Waals surface area contributed by atoms with Crippen LogP contribution in [0.25, 0.3) is 11.1 Å². The molecule has 2 N–H and O–H groups in total. The number of nitrogens with one attached hydrogen (secondary N) is 1. The number of hydrogen-bond acceptors (Lipinski definition) is 4. The Labute approximate surface area is 199 Å². The third kappa shape index (κ3) is 4.96. The van der Waals surface area contributed by atoms with E-state index in [1.165, 1.54) is 5.56 Å². The monoisotopic (exact) mass is 462 g/mol. The summed E-state index contributed by atoms with van der Waals surface area (Å²) < 4.78 is 0. The number of rotatable bonds is 6. The molecule has 3 aromatic rings. The van der Waals surface area contributed by atoms with Crippen LogP contribution in [0.1, 0.15) is 45.8 Å². The lowest BCUT2D eigenvalue weighted by Crippen LogP contribution is -2.39. The summed E-state index contributed by atoms with van der Waals surface area (Å²) in [5, 5.41) is 12.4. The molecule has 5 nitrogen and oxygen atoms in total. The Hall–Kier alpha value is -3.12. The van der Waals surface area contributed by atoms with Crippen LogP contribution in [0.2, 0.25) is 0 Å². The van der Waals surface area contributed by atoms with Crippen molar-refractivity contribution in [3.63, 3.8) is 0 Å². The SMILES string of the molecule is Cc1sc(C)c(N(C)c2ccc(-c3ccccc3)cc2)c1C(=O)NC1CCC(C(=O)O)CC1. The van der Waals surface area contributed by atoms with E-state index in [4.69, 9.17) is 0 Å². The van der Waals surface area contributed by atoms with E-state index >= 15 is 0 Å². The summed E-state index contributed by atoms with van der Waals surface area (Å²) in [6, 6.07) is 18.7. The van der Waals surface area contributed by atoms with Gasteiger partial charge in [-0.2, -0.15) is 0 Å². The molecule has 4 rings (SSSR count). The van der Waals surface area contributed by atoms with Crippen LogP contribution in [0.3, 0.4) is 0 Å². The molecule has 0 spiro atoms. The number of anilines is 2. The van der Waals surface area contributed by atoms with Gasteiger partial charge in [0.15, 0.2) is 0 Å². The summed E-state index contributed by atoms with van der Waals surface area (Å²) in [5.41, 5.74) is 4.99. The van der Waals surface area contributed by atoms with Crippen molar-refractivity contribution in [2.45, 2.75) is 45.6 Å². The average molecular weight is 463 g/mol. The van der Waals surface area contributed by atoms with Gasteiger partial charge in [-0.25, -0.2) is 0 Å². The summed E-state index contributed by atoms with van der Waals surface area (Å²) in [5.74, 6) is -1.09. The van der Waals surface area contributed by atoms with Crippen LogP contribution < -0.4 is 10.2 Å². The number of benzene rings is 2. The molecule has 1 saturated carbocycles. The first-order valence-electron chi connectivity index (χ1n) is 11.4. The molecule has 0 unspecified atom stereocenters. The summed E-state index contributed by atoms with van der Waals surface area (Å²) in [6.45, 7) is 4.04. The highest BCUT2D eigenvalue weighted by Gasteiger charge is 2.29. The van der Waals surface area contributed by atoms with Gasteiger partial charge in [0.1, 0.15) is 0 Å². The smallest absolute Gasteiger partial charge is 0.306 e. The van der Waals surface area contributed by atoms with Crippen molar-refractivity contribution in [3.05, 3.63) is 69.9 Å². The van der Waals surface area contributed by atoms with E-state index in [1.807, 2.05) is 32.2 Å². The molecule has 33 heavy (non-hydrogen) atoms. The van der Waals surface area contributed by atoms with Crippen molar-refractivity contribution >= 4 is 34.6 Å². The number of aliphatic carboxylic acids is 1. The molecule has 1 aromatic heterocycles. The maximum Gasteiger partial charge on any atom is 0.306 e. The van der Waals surface area contributed by atoms with E-state index in [-0.39, 0.29) is 17.9 Å².